The van der Waals surface area contributed by atoms with Gasteiger partial charge < -0.3 is 4.74 Å². The van der Waals surface area contributed by atoms with Crippen molar-refractivity contribution in [3.05, 3.63) is 36.2 Å². The number of nitrogens with zero attached hydrogens (tertiary/aromatic N) is 1. The molecular formula is C11H17NO. The van der Waals surface area contributed by atoms with Gasteiger partial charge in [0.1, 0.15) is 0 Å². The molecule has 0 aliphatic rings. The summed E-state index contributed by atoms with van der Waals surface area (Å²) >= 11 is 0. The molecule has 0 bridgehead atoms. The summed E-state index contributed by atoms with van der Waals surface area (Å²) in [7, 11) is 1.67. The molecule has 0 radical (unpaired) electrons. The second-order valence-corrected chi connectivity index (χ2v) is 2.14. The molecule has 0 spiro atoms. The second-order valence-electron chi connectivity index (χ2n) is 2.14. The van der Waals surface area contributed by atoms with E-state index in [2.05, 4.69) is 4.98 Å². The fraction of sp³-hybridized carbons (Fsp3) is 0.364. The third kappa shape index (κ3) is 6.05. The molecule has 0 aliphatic heterocycles. The van der Waals surface area contributed by atoms with Gasteiger partial charge in [0.2, 0.25) is 0 Å². The number of aromatic nitrogens is 1. The van der Waals surface area contributed by atoms with Crippen molar-refractivity contribution >= 4 is 6.08 Å². The van der Waals surface area contributed by atoms with E-state index in [1.807, 2.05) is 44.3 Å². The van der Waals surface area contributed by atoms with Crippen molar-refractivity contribution in [1.29, 1.82) is 0 Å². The number of methoxy groups -OCH3 is 1. The molecule has 0 unspecified atom stereocenters. The zero-order valence-corrected chi connectivity index (χ0v) is 8.53. The molecule has 1 aromatic heterocycles. The van der Waals surface area contributed by atoms with Crippen LogP contribution >= 0.6 is 0 Å². The van der Waals surface area contributed by atoms with E-state index in [0.717, 1.165) is 5.56 Å². The van der Waals surface area contributed by atoms with Crippen molar-refractivity contribution in [2.45, 2.75) is 13.8 Å². The Kier molecular flexibility index (Phi) is 8.15. The number of rotatable bonds is 3. The summed E-state index contributed by atoms with van der Waals surface area (Å²) in [6.45, 7) is 4.65. The Labute approximate surface area is 80.3 Å². The topological polar surface area (TPSA) is 22.1 Å². The Bertz CT molecular complexity index is 219. The summed E-state index contributed by atoms with van der Waals surface area (Å²) in [6, 6.07) is 3.91. The second kappa shape index (κ2) is 8.94. The van der Waals surface area contributed by atoms with Gasteiger partial charge in [0.25, 0.3) is 0 Å². The maximum atomic E-state index is 4.86. The summed E-state index contributed by atoms with van der Waals surface area (Å²) in [5, 5.41) is 0. The lowest BCUT2D eigenvalue weighted by atomic mass is 10.3. The van der Waals surface area contributed by atoms with Crippen LogP contribution in [0.25, 0.3) is 6.08 Å². The largest absolute Gasteiger partial charge is 0.381 e. The van der Waals surface area contributed by atoms with E-state index in [0.29, 0.717) is 6.61 Å². The van der Waals surface area contributed by atoms with Crippen molar-refractivity contribution < 1.29 is 4.74 Å². The van der Waals surface area contributed by atoms with Gasteiger partial charge in [-0.3, -0.25) is 4.98 Å². The maximum absolute atomic E-state index is 4.86. The molecule has 1 rings (SSSR count). The third-order valence-electron chi connectivity index (χ3n) is 1.26. The first-order chi connectivity index (χ1) is 6.43. The first-order valence-electron chi connectivity index (χ1n) is 4.49. The number of hydrogen-bond donors (Lipinski definition) is 0. The molecule has 0 N–H and O–H groups in total. The summed E-state index contributed by atoms with van der Waals surface area (Å²) in [5.74, 6) is 0. The van der Waals surface area contributed by atoms with Crippen LogP contribution in [0.1, 0.15) is 19.4 Å². The van der Waals surface area contributed by atoms with Crippen LogP contribution in [-0.4, -0.2) is 18.7 Å². The Morgan fingerprint density at radius 3 is 2.77 bits per heavy atom. The van der Waals surface area contributed by atoms with Crippen molar-refractivity contribution in [2.24, 2.45) is 0 Å². The number of ether oxygens (including phenoxy) is 1. The van der Waals surface area contributed by atoms with Crippen LogP contribution in [0.15, 0.2) is 30.6 Å². The Hall–Kier alpha value is -1.15. The van der Waals surface area contributed by atoms with Crippen LogP contribution < -0.4 is 0 Å². The molecule has 0 aromatic carbocycles. The van der Waals surface area contributed by atoms with E-state index in [1.165, 1.54) is 0 Å². The lowest BCUT2D eigenvalue weighted by molar-refractivity contribution is 0.234. The molecular weight excluding hydrogens is 162 g/mol. The van der Waals surface area contributed by atoms with Gasteiger partial charge in [-0.1, -0.05) is 32.1 Å². The van der Waals surface area contributed by atoms with Gasteiger partial charge in [0.05, 0.1) is 6.61 Å². The summed E-state index contributed by atoms with van der Waals surface area (Å²) < 4.78 is 4.86. The molecule has 1 aromatic rings. The van der Waals surface area contributed by atoms with Gasteiger partial charge in [0, 0.05) is 19.5 Å². The Balaban J connectivity index is 0.000000671. The highest BCUT2D eigenvalue weighted by atomic mass is 16.5. The minimum atomic E-state index is 0.648. The zero-order chi connectivity index (χ0) is 9.94. The molecule has 72 valence electrons. The number of hydrogen-bond acceptors (Lipinski definition) is 2. The smallest absolute Gasteiger partial charge is 0.0646 e. The van der Waals surface area contributed by atoms with E-state index in [1.54, 1.807) is 13.3 Å². The van der Waals surface area contributed by atoms with Gasteiger partial charge in [-0.05, 0) is 11.6 Å². The summed E-state index contributed by atoms with van der Waals surface area (Å²) in [6.07, 6.45) is 7.51. The number of pyridine rings is 1. The van der Waals surface area contributed by atoms with Gasteiger partial charge >= 0.3 is 0 Å². The lowest BCUT2D eigenvalue weighted by Gasteiger charge is -1.90. The van der Waals surface area contributed by atoms with Gasteiger partial charge in [-0.25, -0.2) is 0 Å². The Morgan fingerprint density at radius 1 is 1.46 bits per heavy atom. The highest BCUT2D eigenvalue weighted by molar-refractivity contribution is 5.47. The Morgan fingerprint density at radius 2 is 2.23 bits per heavy atom. The predicted molar refractivity (Wildman–Crippen MR) is 56.5 cm³/mol. The van der Waals surface area contributed by atoms with Crippen LogP contribution in [0.4, 0.5) is 0 Å². The minimum absolute atomic E-state index is 0.648. The zero-order valence-electron chi connectivity index (χ0n) is 8.53. The molecule has 13 heavy (non-hydrogen) atoms. The van der Waals surface area contributed by atoms with Crippen molar-refractivity contribution in [2.75, 3.05) is 13.7 Å². The first-order valence-corrected chi connectivity index (χ1v) is 4.49. The normalized spacial score (nSPS) is 9.46. The first kappa shape index (κ1) is 11.8. The average molecular weight is 179 g/mol. The SMILES string of the molecule is CC.COC/C=C/c1cccnc1. The average Bonchev–Trinajstić information content (AvgIpc) is 2.23. The van der Waals surface area contributed by atoms with Gasteiger partial charge in [-0.2, -0.15) is 0 Å². The van der Waals surface area contributed by atoms with E-state index in [4.69, 9.17) is 4.74 Å². The van der Waals surface area contributed by atoms with Gasteiger partial charge in [-0.15, -0.1) is 0 Å². The molecule has 0 amide bonds. The van der Waals surface area contributed by atoms with E-state index >= 15 is 0 Å². The highest BCUT2D eigenvalue weighted by Gasteiger charge is 1.81. The van der Waals surface area contributed by atoms with Crippen molar-refractivity contribution in [1.82, 2.24) is 4.98 Å². The quantitative estimate of drug-likeness (QED) is 0.711. The highest BCUT2D eigenvalue weighted by Crippen LogP contribution is 1.97. The summed E-state index contributed by atoms with van der Waals surface area (Å²) in [4.78, 5) is 3.97. The lowest BCUT2D eigenvalue weighted by Crippen LogP contribution is -1.80. The van der Waals surface area contributed by atoms with E-state index in [-0.39, 0.29) is 0 Å². The van der Waals surface area contributed by atoms with Crippen LogP contribution in [-0.2, 0) is 4.74 Å². The molecule has 2 heteroatoms. The van der Waals surface area contributed by atoms with Crippen LogP contribution in [0, 0.1) is 0 Å². The third-order valence-corrected chi connectivity index (χ3v) is 1.26. The molecule has 0 atom stereocenters. The molecule has 1 heterocycles. The minimum Gasteiger partial charge on any atom is -0.381 e. The molecule has 0 aliphatic carbocycles. The fourth-order valence-electron chi connectivity index (χ4n) is 0.755. The fourth-order valence-corrected chi connectivity index (χ4v) is 0.755. The molecule has 2 nitrogen and oxygen atoms in total. The standard InChI is InChI=1S/C9H11NO.C2H6/c1-11-7-3-5-9-4-2-6-10-8-9;1-2/h2-6,8H,7H2,1H3;1-2H3/b5-3+;. The maximum Gasteiger partial charge on any atom is 0.0646 e. The van der Waals surface area contributed by atoms with Crippen LogP contribution in [0.3, 0.4) is 0 Å². The summed E-state index contributed by atoms with van der Waals surface area (Å²) in [5.41, 5.74) is 1.10. The van der Waals surface area contributed by atoms with E-state index in [9.17, 15) is 0 Å². The van der Waals surface area contributed by atoms with Crippen molar-refractivity contribution in [3.8, 4) is 0 Å². The molecule has 0 saturated heterocycles. The van der Waals surface area contributed by atoms with Gasteiger partial charge in [0.15, 0.2) is 0 Å². The van der Waals surface area contributed by atoms with Crippen LogP contribution in [0.5, 0.6) is 0 Å². The predicted octanol–water partition coefficient (Wildman–Crippen LogP) is 2.77. The van der Waals surface area contributed by atoms with Crippen LogP contribution in [0.2, 0.25) is 0 Å². The monoisotopic (exact) mass is 179 g/mol. The molecule has 0 saturated carbocycles. The van der Waals surface area contributed by atoms with E-state index < -0.39 is 0 Å². The molecule has 0 fully saturated rings. The van der Waals surface area contributed by atoms with Crippen molar-refractivity contribution in [3.63, 3.8) is 0 Å².